The predicted molar refractivity (Wildman–Crippen MR) is 65.7 cm³/mol. The average Bonchev–Trinajstić information content (AvgIpc) is 2.35. The average molecular weight is 240 g/mol. The maximum atomic E-state index is 11.1. The highest BCUT2D eigenvalue weighted by Gasteiger charge is 2.11. The van der Waals surface area contributed by atoms with Gasteiger partial charge in [-0.1, -0.05) is 6.07 Å². The smallest absolute Gasteiger partial charge is 0.337 e. The zero-order chi connectivity index (χ0) is 12.7. The highest BCUT2D eigenvalue weighted by molar-refractivity contribution is 6.02. The Kier molecular flexibility index (Phi) is 2.13. The van der Waals surface area contributed by atoms with Gasteiger partial charge in [-0.2, -0.15) is 0 Å². The van der Waals surface area contributed by atoms with Crippen LogP contribution in [0.1, 0.15) is 10.4 Å². The number of para-hydroxylation sites is 1. The SMILES string of the molecule is O=C(O)c1cccc2nc3ccc(O)cc3nc12. The van der Waals surface area contributed by atoms with Crippen molar-refractivity contribution < 1.29 is 15.0 Å². The van der Waals surface area contributed by atoms with Crippen LogP contribution < -0.4 is 0 Å². The third kappa shape index (κ3) is 1.53. The summed E-state index contributed by atoms with van der Waals surface area (Å²) in [5.74, 6) is -0.974. The van der Waals surface area contributed by atoms with Gasteiger partial charge in [-0.15, -0.1) is 0 Å². The van der Waals surface area contributed by atoms with Crippen molar-refractivity contribution in [3.63, 3.8) is 0 Å². The number of carbonyl (C=O) groups is 1. The van der Waals surface area contributed by atoms with Crippen LogP contribution in [0.4, 0.5) is 0 Å². The number of rotatable bonds is 1. The largest absolute Gasteiger partial charge is 0.508 e. The van der Waals surface area contributed by atoms with Crippen molar-refractivity contribution in [1.29, 1.82) is 0 Å². The highest BCUT2D eigenvalue weighted by atomic mass is 16.4. The number of phenolic OH excluding ortho intramolecular Hbond substituents is 1. The topological polar surface area (TPSA) is 83.3 Å². The van der Waals surface area contributed by atoms with Gasteiger partial charge in [-0.25, -0.2) is 14.8 Å². The second-order valence-corrected chi connectivity index (χ2v) is 3.88. The van der Waals surface area contributed by atoms with Crippen LogP contribution in [0.5, 0.6) is 5.75 Å². The van der Waals surface area contributed by atoms with Crippen molar-refractivity contribution in [2.45, 2.75) is 0 Å². The fourth-order valence-electron chi connectivity index (χ4n) is 1.86. The quantitative estimate of drug-likeness (QED) is 0.637. The van der Waals surface area contributed by atoms with E-state index >= 15 is 0 Å². The summed E-state index contributed by atoms with van der Waals surface area (Å²) in [4.78, 5) is 19.7. The van der Waals surface area contributed by atoms with Crippen LogP contribution in [-0.2, 0) is 0 Å². The number of fused-ring (bicyclic) bond motifs is 2. The lowest BCUT2D eigenvalue weighted by Gasteiger charge is -2.03. The first kappa shape index (κ1) is 10.5. The summed E-state index contributed by atoms with van der Waals surface area (Å²) in [6.45, 7) is 0. The third-order valence-electron chi connectivity index (χ3n) is 2.68. The van der Waals surface area contributed by atoms with Crippen molar-refractivity contribution in [1.82, 2.24) is 9.97 Å². The lowest BCUT2D eigenvalue weighted by atomic mass is 10.1. The molecule has 0 aliphatic carbocycles. The van der Waals surface area contributed by atoms with Gasteiger partial charge < -0.3 is 10.2 Å². The molecule has 5 heteroatoms. The summed E-state index contributed by atoms with van der Waals surface area (Å²) in [5, 5.41) is 18.5. The Balaban J connectivity index is 2.45. The molecule has 1 aromatic heterocycles. The van der Waals surface area contributed by atoms with Crippen molar-refractivity contribution in [2.24, 2.45) is 0 Å². The minimum Gasteiger partial charge on any atom is -0.508 e. The number of carboxylic acid groups (broad SMARTS) is 1. The Morgan fingerprint density at radius 3 is 2.61 bits per heavy atom. The zero-order valence-corrected chi connectivity index (χ0v) is 9.16. The molecule has 0 unspecified atom stereocenters. The van der Waals surface area contributed by atoms with Gasteiger partial charge in [0.05, 0.1) is 22.1 Å². The van der Waals surface area contributed by atoms with Gasteiger partial charge in [0, 0.05) is 6.07 Å². The number of carboxylic acids is 1. The number of phenols is 1. The second-order valence-electron chi connectivity index (χ2n) is 3.88. The molecular formula is C13H8N2O3. The van der Waals surface area contributed by atoms with Gasteiger partial charge in [-0.3, -0.25) is 0 Å². The molecule has 1 heterocycles. The molecule has 2 aromatic carbocycles. The number of aromatic carboxylic acids is 1. The number of hydrogen-bond donors (Lipinski definition) is 2. The van der Waals surface area contributed by atoms with Crippen LogP contribution >= 0.6 is 0 Å². The van der Waals surface area contributed by atoms with Crippen LogP contribution in [0.3, 0.4) is 0 Å². The lowest BCUT2D eigenvalue weighted by molar-refractivity contribution is 0.0699. The van der Waals surface area contributed by atoms with Crippen LogP contribution in [-0.4, -0.2) is 26.2 Å². The molecule has 0 atom stereocenters. The summed E-state index contributed by atoms with van der Waals surface area (Å²) < 4.78 is 0. The summed E-state index contributed by atoms with van der Waals surface area (Å²) in [6.07, 6.45) is 0. The van der Waals surface area contributed by atoms with Gasteiger partial charge in [0.2, 0.25) is 0 Å². The Morgan fingerprint density at radius 2 is 1.83 bits per heavy atom. The number of nitrogens with zero attached hydrogens (tertiary/aromatic N) is 2. The molecular weight excluding hydrogens is 232 g/mol. The Hall–Kier alpha value is -2.69. The number of aromatic nitrogens is 2. The minimum atomic E-state index is -1.05. The van der Waals surface area contributed by atoms with E-state index in [1.807, 2.05) is 0 Å². The molecule has 0 bridgehead atoms. The molecule has 0 aliphatic heterocycles. The Labute approximate surface area is 101 Å². The van der Waals surface area contributed by atoms with Crippen molar-refractivity contribution in [3.8, 4) is 5.75 Å². The van der Waals surface area contributed by atoms with Gasteiger partial charge >= 0.3 is 5.97 Å². The van der Waals surface area contributed by atoms with Crippen molar-refractivity contribution >= 4 is 28.0 Å². The second kappa shape index (κ2) is 3.66. The molecule has 5 nitrogen and oxygen atoms in total. The maximum Gasteiger partial charge on any atom is 0.337 e. The minimum absolute atomic E-state index is 0.0731. The first-order valence-electron chi connectivity index (χ1n) is 5.28. The van der Waals surface area contributed by atoms with E-state index in [1.54, 1.807) is 18.2 Å². The number of aromatic hydroxyl groups is 1. The maximum absolute atomic E-state index is 11.1. The van der Waals surface area contributed by atoms with E-state index in [4.69, 9.17) is 5.11 Å². The van der Waals surface area contributed by atoms with Crippen molar-refractivity contribution in [3.05, 3.63) is 42.0 Å². The van der Waals surface area contributed by atoms with Crippen LogP contribution in [0.25, 0.3) is 22.1 Å². The monoisotopic (exact) mass is 240 g/mol. The summed E-state index contributed by atoms with van der Waals surface area (Å²) in [7, 11) is 0. The Morgan fingerprint density at radius 1 is 1.00 bits per heavy atom. The lowest BCUT2D eigenvalue weighted by Crippen LogP contribution is -2.00. The third-order valence-corrected chi connectivity index (χ3v) is 2.68. The van der Waals surface area contributed by atoms with E-state index in [-0.39, 0.29) is 11.3 Å². The summed E-state index contributed by atoms with van der Waals surface area (Å²) in [5.41, 5.74) is 2.03. The molecule has 0 aliphatic rings. The molecule has 3 rings (SSSR count). The standard InChI is InChI=1S/C13H8N2O3/c16-7-4-5-9-11(6-7)15-12-8(13(17)18)2-1-3-10(12)14-9/h1-6,16H,(H,17,18). The van der Waals surface area contributed by atoms with Crippen LogP contribution in [0, 0.1) is 0 Å². The number of benzene rings is 2. The van der Waals surface area contributed by atoms with Gasteiger partial charge in [-0.05, 0) is 24.3 Å². The number of hydrogen-bond acceptors (Lipinski definition) is 4. The van der Waals surface area contributed by atoms with E-state index in [2.05, 4.69) is 9.97 Å². The zero-order valence-electron chi connectivity index (χ0n) is 9.16. The molecule has 0 amide bonds. The first-order valence-corrected chi connectivity index (χ1v) is 5.28. The van der Waals surface area contributed by atoms with E-state index in [0.717, 1.165) is 0 Å². The molecule has 0 saturated heterocycles. The summed E-state index contributed by atoms with van der Waals surface area (Å²) >= 11 is 0. The fourth-order valence-corrected chi connectivity index (χ4v) is 1.86. The van der Waals surface area contributed by atoms with Crippen LogP contribution in [0.2, 0.25) is 0 Å². The van der Waals surface area contributed by atoms with E-state index < -0.39 is 5.97 Å². The molecule has 88 valence electrons. The van der Waals surface area contributed by atoms with E-state index in [1.165, 1.54) is 18.2 Å². The van der Waals surface area contributed by atoms with Gasteiger partial charge in [0.1, 0.15) is 11.3 Å². The molecule has 2 N–H and O–H groups in total. The molecule has 0 fully saturated rings. The predicted octanol–water partition coefficient (Wildman–Crippen LogP) is 2.19. The highest BCUT2D eigenvalue weighted by Crippen LogP contribution is 2.22. The van der Waals surface area contributed by atoms with E-state index in [0.29, 0.717) is 22.1 Å². The molecule has 18 heavy (non-hydrogen) atoms. The Bertz CT molecular complexity index is 784. The molecule has 0 radical (unpaired) electrons. The molecule has 3 aromatic rings. The normalized spacial score (nSPS) is 10.9. The van der Waals surface area contributed by atoms with Crippen molar-refractivity contribution in [2.75, 3.05) is 0 Å². The summed E-state index contributed by atoms with van der Waals surface area (Å²) in [6, 6.07) is 9.44. The fraction of sp³-hybridized carbons (Fsp3) is 0. The molecule has 0 saturated carbocycles. The van der Waals surface area contributed by atoms with E-state index in [9.17, 15) is 9.90 Å². The van der Waals surface area contributed by atoms with Crippen LogP contribution in [0.15, 0.2) is 36.4 Å². The molecule has 0 spiro atoms. The van der Waals surface area contributed by atoms with Gasteiger partial charge in [0.25, 0.3) is 0 Å². The first-order chi connectivity index (χ1) is 8.65. The van der Waals surface area contributed by atoms with Gasteiger partial charge in [0.15, 0.2) is 0 Å².